The number of hydrogen-bond donors (Lipinski definition) is 0. The summed E-state index contributed by atoms with van der Waals surface area (Å²) in [5.41, 5.74) is 4.38. The molecule has 0 spiro atoms. The average Bonchev–Trinajstić information content (AvgIpc) is 2.54. The summed E-state index contributed by atoms with van der Waals surface area (Å²) in [5, 5.41) is 0. The molecule has 3 nitrogen and oxygen atoms in total. The molecule has 0 aliphatic rings. The Labute approximate surface area is 139 Å². The molecule has 1 atom stereocenters. The Bertz CT molecular complexity index is 686. The molecule has 0 radical (unpaired) electrons. The third-order valence-corrected chi connectivity index (χ3v) is 3.87. The Balaban J connectivity index is 2.65. The van der Waals surface area contributed by atoms with Gasteiger partial charge in [0.1, 0.15) is 0 Å². The first-order valence-electron chi connectivity index (χ1n) is 7.70. The van der Waals surface area contributed by atoms with E-state index in [1.54, 1.807) is 20.4 Å². The molecule has 1 aromatic heterocycles. The molecule has 0 saturated heterocycles. The summed E-state index contributed by atoms with van der Waals surface area (Å²) in [6.07, 6.45) is 3.59. The van der Waals surface area contributed by atoms with Gasteiger partial charge in [-0.3, -0.25) is 0 Å². The standard InChI is InChI=1S/C20H25NO2/c1-7-14-8-9-16(15-10-11-21-18(13-15)22-5)17(12-14)19(23-6)20(2,3)4/h7-13,19H,1H2,2-6H3. The summed E-state index contributed by atoms with van der Waals surface area (Å²) in [4.78, 5) is 4.19. The minimum absolute atomic E-state index is 0.0274. The van der Waals surface area contributed by atoms with Crippen LogP contribution in [-0.2, 0) is 4.74 Å². The predicted molar refractivity (Wildman–Crippen MR) is 95.5 cm³/mol. The largest absolute Gasteiger partial charge is 0.481 e. The van der Waals surface area contributed by atoms with Gasteiger partial charge in [-0.2, -0.15) is 0 Å². The van der Waals surface area contributed by atoms with Gasteiger partial charge < -0.3 is 9.47 Å². The molecule has 1 unspecified atom stereocenters. The molecule has 0 N–H and O–H groups in total. The molecule has 0 aliphatic heterocycles. The van der Waals surface area contributed by atoms with Gasteiger partial charge in [-0.05, 0) is 39.8 Å². The number of ether oxygens (including phenoxy) is 2. The quantitative estimate of drug-likeness (QED) is 0.766. The van der Waals surface area contributed by atoms with E-state index >= 15 is 0 Å². The highest BCUT2D eigenvalue weighted by Crippen LogP contribution is 2.41. The normalized spacial score (nSPS) is 12.7. The second kappa shape index (κ2) is 6.97. The second-order valence-corrected chi connectivity index (χ2v) is 6.62. The highest BCUT2D eigenvalue weighted by atomic mass is 16.5. The third kappa shape index (κ3) is 3.80. The van der Waals surface area contributed by atoms with Crippen LogP contribution in [-0.4, -0.2) is 19.2 Å². The lowest BCUT2D eigenvalue weighted by Gasteiger charge is -2.31. The van der Waals surface area contributed by atoms with Crippen LogP contribution in [0.1, 0.15) is 38.0 Å². The van der Waals surface area contributed by atoms with E-state index in [1.165, 1.54) is 0 Å². The van der Waals surface area contributed by atoms with Gasteiger partial charge in [-0.25, -0.2) is 4.98 Å². The van der Waals surface area contributed by atoms with Crippen LogP contribution in [0, 0.1) is 5.41 Å². The van der Waals surface area contributed by atoms with Crippen LogP contribution in [0.4, 0.5) is 0 Å². The van der Waals surface area contributed by atoms with E-state index in [-0.39, 0.29) is 11.5 Å². The fourth-order valence-corrected chi connectivity index (χ4v) is 2.82. The van der Waals surface area contributed by atoms with E-state index in [4.69, 9.17) is 9.47 Å². The molecule has 0 bridgehead atoms. The summed E-state index contributed by atoms with van der Waals surface area (Å²) in [6, 6.07) is 10.3. The van der Waals surface area contributed by atoms with E-state index < -0.39 is 0 Å². The van der Waals surface area contributed by atoms with Gasteiger partial charge in [0.25, 0.3) is 0 Å². The molecule has 1 heterocycles. The van der Waals surface area contributed by atoms with Crippen molar-refractivity contribution in [1.82, 2.24) is 4.98 Å². The predicted octanol–water partition coefficient (Wildman–Crippen LogP) is 5.13. The highest BCUT2D eigenvalue weighted by Gasteiger charge is 2.28. The molecule has 122 valence electrons. The van der Waals surface area contributed by atoms with Gasteiger partial charge in [-0.15, -0.1) is 0 Å². The number of benzene rings is 1. The molecule has 3 heteroatoms. The summed E-state index contributed by atoms with van der Waals surface area (Å²) in [6.45, 7) is 10.4. The lowest BCUT2D eigenvalue weighted by Crippen LogP contribution is -2.21. The first-order chi connectivity index (χ1) is 10.9. The van der Waals surface area contributed by atoms with E-state index in [2.05, 4.69) is 50.5 Å². The monoisotopic (exact) mass is 311 g/mol. The SMILES string of the molecule is C=Cc1ccc(-c2ccnc(OC)c2)c(C(OC)C(C)(C)C)c1. The van der Waals surface area contributed by atoms with Crippen LogP contribution in [0.15, 0.2) is 43.1 Å². The molecule has 1 aromatic carbocycles. The maximum absolute atomic E-state index is 5.84. The number of aromatic nitrogens is 1. The minimum Gasteiger partial charge on any atom is -0.481 e. The molecule has 2 rings (SSSR count). The second-order valence-electron chi connectivity index (χ2n) is 6.62. The first-order valence-corrected chi connectivity index (χ1v) is 7.70. The molecule has 23 heavy (non-hydrogen) atoms. The van der Waals surface area contributed by atoms with Crippen molar-refractivity contribution in [3.63, 3.8) is 0 Å². The van der Waals surface area contributed by atoms with Gasteiger partial charge in [-0.1, -0.05) is 45.6 Å². The zero-order valence-electron chi connectivity index (χ0n) is 14.6. The zero-order chi connectivity index (χ0) is 17.0. The summed E-state index contributed by atoms with van der Waals surface area (Å²) in [5.74, 6) is 0.603. The first kappa shape index (κ1) is 17.2. The van der Waals surface area contributed by atoms with Crippen LogP contribution < -0.4 is 4.74 Å². The average molecular weight is 311 g/mol. The molecule has 2 aromatic rings. The van der Waals surface area contributed by atoms with Crippen molar-refractivity contribution >= 4 is 6.08 Å². The Hall–Kier alpha value is -2.13. The topological polar surface area (TPSA) is 31.4 Å². The lowest BCUT2D eigenvalue weighted by atomic mass is 9.81. The van der Waals surface area contributed by atoms with Crippen molar-refractivity contribution < 1.29 is 9.47 Å². The van der Waals surface area contributed by atoms with Crippen molar-refractivity contribution in [1.29, 1.82) is 0 Å². The Morgan fingerprint density at radius 3 is 2.43 bits per heavy atom. The van der Waals surface area contributed by atoms with Crippen LogP contribution in [0.5, 0.6) is 5.88 Å². The van der Waals surface area contributed by atoms with Crippen molar-refractivity contribution in [3.05, 3.63) is 54.2 Å². The zero-order valence-corrected chi connectivity index (χ0v) is 14.6. The number of rotatable bonds is 5. The van der Waals surface area contributed by atoms with E-state index in [0.29, 0.717) is 5.88 Å². The van der Waals surface area contributed by atoms with Crippen molar-refractivity contribution in [2.45, 2.75) is 26.9 Å². The van der Waals surface area contributed by atoms with Gasteiger partial charge in [0, 0.05) is 19.4 Å². The fourth-order valence-electron chi connectivity index (χ4n) is 2.82. The van der Waals surface area contributed by atoms with E-state index in [9.17, 15) is 0 Å². The van der Waals surface area contributed by atoms with Crippen LogP contribution in [0.2, 0.25) is 0 Å². The lowest BCUT2D eigenvalue weighted by molar-refractivity contribution is 0.0156. The van der Waals surface area contributed by atoms with E-state index in [1.807, 2.05) is 18.2 Å². The van der Waals surface area contributed by atoms with Crippen molar-refractivity contribution in [2.75, 3.05) is 14.2 Å². The number of hydrogen-bond acceptors (Lipinski definition) is 3. The van der Waals surface area contributed by atoms with Crippen molar-refractivity contribution in [3.8, 4) is 17.0 Å². The van der Waals surface area contributed by atoms with Crippen LogP contribution >= 0.6 is 0 Å². The van der Waals surface area contributed by atoms with Gasteiger partial charge in [0.2, 0.25) is 5.88 Å². The summed E-state index contributed by atoms with van der Waals surface area (Å²) in [7, 11) is 3.38. The van der Waals surface area contributed by atoms with Gasteiger partial charge in [0.05, 0.1) is 13.2 Å². The van der Waals surface area contributed by atoms with Crippen LogP contribution in [0.25, 0.3) is 17.2 Å². The molecule has 0 fully saturated rings. The third-order valence-electron chi connectivity index (χ3n) is 3.87. The minimum atomic E-state index is -0.0310. The summed E-state index contributed by atoms with van der Waals surface area (Å²) >= 11 is 0. The van der Waals surface area contributed by atoms with Crippen molar-refractivity contribution in [2.24, 2.45) is 5.41 Å². The summed E-state index contributed by atoms with van der Waals surface area (Å²) < 4.78 is 11.1. The molecular weight excluding hydrogens is 286 g/mol. The van der Waals surface area contributed by atoms with Crippen LogP contribution in [0.3, 0.4) is 0 Å². The molecule has 0 saturated carbocycles. The maximum atomic E-state index is 5.84. The molecule has 0 aliphatic carbocycles. The maximum Gasteiger partial charge on any atom is 0.213 e. The Kier molecular flexibility index (Phi) is 5.22. The Morgan fingerprint density at radius 2 is 1.87 bits per heavy atom. The molecular formula is C20H25NO2. The number of methoxy groups -OCH3 is 2. The van der Waals surface area contributed by atoms with Gasteiger partial charge >= 0.3 is 0 Å². The van der Waals surface area contributed by atoms with E-state index in [0.717, 1.165) is 22.3 Å². The fraction of sp³-hybridized carbons (Fsp3) is 0.350. The van der Waals surface area contributed by atoms with Gasteiger partial charge in [0.15, 0.2) is 0 Å². The molecule has 0 amide bonds. The number of nitrogens with zero attached hydrogens (tertiary/aromatic N) is 1. The Morgan fingerprint density at radius 1 is 1.13 bits per heavy atom. The smallest absolute Gasteiger partial charge is 0.213 e. The number of pyridine rings is 1. The highest BCUT2D eigenvalue weighted by molar-refractivity contribution is 5.71.